The van der Waals surface area contributed by atoms with Crippen molar-refractivity contribution in [3.8, 4) is 0 Å². The molecule has 0 aliphatic carbocycles. The molecule has 0 saturated carbocycles. The molecule has 1 saturated heterocycles. The zero-order valence-corrected chi connectivity index (χ0v) is 9.55. The summed E-state index contributed by atoms with van der Waals surface area (Å²) in [5.74, 6) is -0.388. The van der Waals surface area contributed by atoms with E-state index in [0.717, 1.165) is 10.5 Å². The second-order valence-corrected chi connectivity index (χ2v) is 3.96. The number of rotatable bonds is 2. The molecular weight excluding hydrogens is 218 g/mol. The minimum Gasteiger partial charge on any atom is -0.446 e. The molecular formula is C13H13NO3. The molecule has 1 unspecified atom stereocenters. The van der Waals surface area contributed by atoms with E-state index in [9.17, 15) is 9.59 Å². The second kappa shape index (κ2) is 4.41. The fraction of sp³-hybridized carbons (Fsp3) is 0.231. The number of imide groups is 1. The molecule has 0 aromatic heterocycles. The third-order valence-electron chi connectivity index (χ3n) is 2.64. The lowest BCUT2D eigenvalue weighted by Gasteiger charge is -2.19. The highest BCUT2D eigenvalue weighted by atomic mass is 16.6. The number of carbonyl (C=O) groups excluding carboxylic acids is 2. The molecule has 1 aromatic rings. The molecule has 1 heterocycles. The molecule has 4 heteroatoms. The van der Waals surface area contributed by atoms with Crippen LogP contribution in [0.1, 0.15) is 18.5 Å². The van der Waals surface area contributed by atoms with Crippen LogP contribution < -0.4 is 0 Å². The van der Waals surface area contributed by atoms with Crippen LogP contribution in [0, 0.1) is 0 Å². The lowest BCUT2D eigenvalue weighted by Crippen LogP contribution is -2.34. The van der Waals surface area contributed by atoms with Crippen LogP contribution in [-0.2, 0) is 9.53 Å². The molecule has 1 atom stereocenters. The van der Waals surface area contributed by atoms with Crippen molar-refractivity contribution in [3.63, 3.8) is 0 Å². The maximum Gasteiger partial charge on any atom is 0.417 e. The molecule has 1 aliphatic heterocycles. The van der Waals surface area contributed by atoms with Crippen LogP contribution in [0.25, 0.3) is 0 Å². The summed E-state index contributed by atoms with van der Waals surface area (Å²) in [5.41, 5.74) is 1.21. The summed E-state index contributed by atoms with van der Waals surface area (Å²) in [6, 6.07) is 8.99. The summed E-state index contributed by atoms with van der Waals surface area (Å²) in [6.07, 6.45) is -0.605. The van der Waals surface area contributed by atoms with Crippen molar-refractivity contribution in [2.24, 2.45) is 0 Å². The predicted molar refractivity (Wildman–Crippen MR) is 62.2 cm³/mol. The van der Waals surface area contributed by atoms with Gasteiger partial charge >= 0.3 is 6.09 Å². The van der Waals surface area contributed by atoms with E-state index in [4.69, 9.17) is 4.74 Å². The smallest absolute Gasteiger partial charge is 0.417 e. The Balaban J connectivity index is 2.32. The summed E-state index contributed by atoms with van der Waals surface area (Å²) in [5, 5.41) is 0. The van der Waals surface area contributed by atoms with Gasteiger partial charge in [0.1, 0.15) is 12.6 Å². The molecule has 0 bridgehead atoms. The van der Waals surface area contributed by atoms with E-state index >= 15 is 0 Å². The number of cyclic esters (lactones) is 1. The van der Waals surface area contributed by atoms with Crippen LogP contribution in [0.5, 0.6) is 0 Å². The maximum absolute atomic E-state index is 11.9. The Morgan fingerprint density at radius 1 is 1.41 bits per heavy atom. The Kier molecular flexibility index (Phi) is 2.95. The van der Waals surface area contributed by atoms with Gasteiger partial charge in [-0.05, 0) is 12.5 Å². The van der Waals surface area contributed by atoms with Crippen molar-refractivity contribution in [2.45, 2.75) is 13.0 Å². The largest absolute Gasteiger partial charge is 0.446 e. The van der Waals surface area contributed by atoms with Gasteiger partial charge in [0.05, 0.1) is 0 Å². The van der Waals surface area contributed by atoms with Crippen LogP contribution in [0.15, 0.2) is 42.5 Å². The quantitative estimate of drug-likeness (QED) is 0.733. The summed E-state index contributed by atoms with van der Waals surface area (Å²) in [4.78, 5) is 24.5. The Bertz CT molecular complexity index is 467. The summed E-state index contributed by atoms with van der Waals surface area (Å²) < 4.78 is 4.93. The van der Waals surface area contributed by atoms with Gasteiger partial charge in [0.15, 0.2) is 0 Å². The van der Waals surface area contributed by atoms with Gasteiger partial charge in [-0.2, -0.15) is 0 Å². The van der Waals surface area contributed by atoms with E-state index in [2.05, 4.69) is 6.58 Å². The molecule has 88 valence electrons. The second-order valence-electron chi connectivity index (χ2n) is 3.96. The number of benzene rings is 1. The van der Waals surface area contributed by atoms with Crippen LogP contribution in [0.4, 0.5) is 4.79 Å². The van der Waals surface area contributed by atoms with Gasteiger partial charge in [0, 0.05) is 5.57 Å². The molecule has 2 amide bonds. The average Bonchev–Trinajstić information content (AvgIpc) is 2.71. The van der Waals surface area contributed by atoms with Gasteiger partial charge in [-0.3, -0.25) is 4.79 Å². The zero-order valence-electron chi connectivity index (χ0n) is 9.55. The molecule has 1 aromatic carbocycles. The highest BCUT2D eigenvalue weighted by Gasteiger charge is 2.38. The Labute approximate surface area is 99.5 Å². The van der Waals surface area contributed by atoms with E-state index in [1.807, 2.05) is 30.3 Å². The highest BCUT2D eigenvalue weighted by molar-refractivity contribution is 6.02. The van der Waals surface area contributed by atoms with Crippen molar-refractivity contribution in [1.82, 2.24) is 4.90 Å². The van der Waals surface area contributed by atoms with Gasteiger partial charge in [-0.1, -0.05) is 36.9 Å². The molecule has 1 fully saturated rings. The Hall–Kier alpha value is -2.10. The molecule has 0 N–H and O–H groups in total. The molecule has 2 rings (SSSR count). The number of nitrogens with zero attached hydrogens (tertiary/aromatic N) is 1. The van der Waals surface area contributed by atoms with E-state index in [1.54, 1.807) is 6.92 Å². The maximum atomic E-state index is 11.9. The first-order valence-electron chi connectivity index (χ1n) is 5.32. The van der Waals surface area contributed by atoms with E-state index < -0.39 is 6.09 Å². The SMILES string of the molecule is C=C(C)C(=O)N1C(=O)OCC1c1ccccc1. The number of hydrogen-bond donors (Lipinski definition) is 0. The van der Waals surface area contributed by atoms with Gasteiger partial charge < -0.3 is 4.74 Å². The Morgan fingerprint density at radius 2 is 2.06 bits per heavy atom. The predicted octanol–water partition coefficient (Wildman–Crippen LogP) is 2.28. The zero-order chi connectivity index (χ0) is 12.4. The standard InChI is InChI=1S/C13H13NO3/c1-9(2)12(15)14-11(8-17-13(14)16)10-6-4-3-5-7-10/h3-7,11H,1,8H2,2H3. The van der Waals surface area contributed by atoms with Crippen LogP contribution in [0.3, 0.4) is 0 Å². The normalized spacial score (nSPS) is 19.0. The van der Waals surface area contributed by atoms with Gasteiger partial charge in [0.2, 0.25) is 0 Å². The minimum atomic E-state index is -0.605. The Morgan fingerprint density at radius 3 is 2.65 bits per heavy atom. The topological polar surface area (TPSA) is 46.6 Å². The van der Waals surface area contributed by atoms with Crippen molar-refractivity contribution in [2.75, 3.05) is 6.61 Å². The number of hydrogen-bond acceptors (Lipinski definition) is 3. The van der Waals surface area contributed by atoms with Gasteiger partial charge in [-0.15, -0.1) is 0 Å². The van der Waals surface area contributed by atoms with E-state index in [1.165, 1.54) is 0 Å². The average molecular weight is 231 g/mol. The highest BCUT2D eigenvalue weighted by Crippen LogP contribution is 2.28. The van der Waals surface area contributed by atoms with Crippen molar-refractivity contribution in [1.29, 1.82) is 0 Å². The summed E-state index contributed by atoms with van der Waals surface area (Å²) >= 11 is 0. The minimum absolute atomic E-state index is 0.196. The van der Waals surface area contributed by atoms with Gasteiger partial charge in [-0.25, -0.2) is 9.69 Å². The van der Waals surface area contributed by atoms with Gasteiger partial charge in [0.25, 0.3) is 5.91 Å². The molecule has 4 nitrogen and oxygen atoms in total. The molecule has 0 spiro atoms. The monoisotopic (exact) mass is 231 g/mol. The lowest BCUT2D eigenvalue weighted by atomic mass is 10.1. The third-order valence-corrected chi connectivity index (χ3v) is 2.64. The van der Waals surface area contributed by atoms with Crippen molar-refractivity contribution < 1.29 is 14.3 Å². The molecule has 17 heavy (non-hydrogen) atoms. The summed E-state index contributed by atoms with van der Waals surface area (Å²) in [6.45, 7) is 5.34. The van der Waals surface area contributed by atoms with E-state index in [-0.39, 0.29) is 18.6 Å². The molecule has 1 aliphatic rings. The first-order chi connectivity index (χ1) is 8.11. The first-order valence-corrected chi connectivity index (χ1v) is 5.32. The number of ether oxygens (including phenoxy) is 1. The van der Waals surface area contributed by atoms with Crippen molar-refractivity contribution in [3.05, 3.63) is 48.0 Å². The van der Waals surface area contributed by atoms with E-state index in [0.29, 0.717) is 5.57 Å². The fourth-order valence-corrected chi connectivity index (χ4v) is 1.77. The fourth-order valence-electron chi connectivity index (χ4n) is 1.77. The number of amides is 2. The molecule has 0 radical (unpaired) electrons. The third kappa shape index (κ3) is 2.06. The lowest BCUT2D eigenvalue weighted by molar-refractivity contribution is -0.125. The summed E-state index contributed by atoms with van der Waals surface area (Å²) in [7, 11) is 0. The van der Waals surface area contributed by atoms with Crippen LogP contribution in [-0.4, -0.2) is 23.5 Å². The van der Waals surface area contributed by atoms with Crippen LogP contribution >= 0.6 is 0 Å². The van der Waals surface area contributed by atoms with Crippen molar-refractivity contribution >= 4 is 12.0 Å². The first kappa shape index (κ1) is 11.4. The van der Waals surface area contributed by atoms with Crippen LogP contribution in [0.2, 0.25) is 0 Å². The number of carbonyl (C=O) groups is 2.